The minimum atomic E-state index is -2.87. The lowest BCUT2D eigenvalue weighted by Gasteiger charge is -2.32. The maximum atomic E-state index is 12.2. The monoisotopic (exact) mass is 378 g/mol. The van der Waals surface area contributed by atoms with Crippen LogP contribution >= 0.6 is 0 Å². The van der Waals surface area contributed by atoms with Crippen molar-refractivity contribution in [2.24, 2.45) is 0 Å². The largest absolute Gasteiger partial charge is 0.472 e. The summed E-state index contributed by atoms with van der Waals surface area (Å²) in [5.74, 6) is -0.152. The van der Waals surface area contributed by atoms with E-state index in [9.17, 15) is 18.4 Å². The van der Waals surface area contributed by atoms with Crippen LogP contribution in [0.1, 0.15) is 28.8 Å². The predicted octanol–water partition coefficient (Wildman–Crippen LogP) is 2.84. The fraction of sp³-hybridized carbons (Fsp3) is 0.368. The third kappa shape index (κ3) is 5.29. The van der Waals surface area contributed by atoms with E-state index in [2.05, 4.69) is 10.1 Å². The Morgan fingerprint density at radius 2 is 1.89 bits per heavy atom. The molecule has 0 unspecified atom stereocenters. The molecule has 0 bridgehead atoms. The molecule has 1 fully saturated rings. The van der Waals surface area contributed by atoms with E-state index < -0.39 is 6.61 Å². The number of amides is 2. The number of carbonyl (C=O) groups excluding carboxylic acids is 2. The predicted molar refractivity (Wildman–Crippen MR) is 92.6 cm³/mol. The van der Waals surface area contributed by atoms with Gasteiger partial charge in [0, 0.05) is 19.1 Å². The molecule has 0 saturated carbocycles. The van der Waals surface area contributed by atoms with Crippen molar-refractivity contribution < 1.29 is 27.5 Å². The lowest BCUT2D eigenvalue weighted by Crippen LogP contribution is -2.46. The molecule has 1 aliphatic rings. The fourth-order valence-corrected chi connectivity index (χ4v) is 3.05. The minimum absolute atomic E-state index is 0.00680. The summed E-state index contributed by atoms with van der Waals surface area (Å²) in [7, 11) is 0. The topological polar surface area (TPSA) is 71.8 Å². The van der Waals surface area contributed by atoms with E-state index in [-0.39, 0.29) is 30.0 Å². The normalized spacial score (nSPS) is 15.0. The highest BCUT2D eigenvalue weighted by molar-refractivity contribution is 5.93. The van der Waals surface area contributed by atoms with Crippen molar-refractivity contribution in [1.82, 2.24) is 10.2 Å². The van der Waals surface area contributed by atoms with Gasteiger partial charge in [0.1, 0.15) is 12.0 Å². The molecule has 3 rings (SSSR count). The first-order chi connectivity index (χ1) is 13.0. The average Bonchev–Trinajstić information content (AvgIpc) is 3.18. The molecule has 1 N–H and O–H groups in total. The number of nitrogens with one attached hydrogen (secondary N) is 1. The lowest BCUT2D eigenvalue weighted by atomic mass is 10.0. The van der Waals surface area contributed by atoms with Gasteiger partial charge in [0.05, 0.1) is 18.2 Å². The second kappa shape index (κ2) is 8.66. The number of hydrogen-bond acceptors (Lipinski definition) is 4. The molecule has 0 aliphatic carbocycles. The van der Waals surface area contributed by atoms with E-state index in [0.29, 0.717) is 37.1 Å². The van der Waals surface area contributed by atoms with Crippen molar-refractivity contribution in [2.45, 2.75) is 31.9 Å². The quantitative estimate of drug-likeness (QED) is 0.839. The van der Waals surface area contributed by atoms with Crippen LogP contribution < -0.4 is 10.1 Å². The van der Waals surface area contributed by atoms with Crippen LogP contribution in [0.25, 0.3) is 0 Å². The van der Waals surface area contributed by atoms with Gasteiger partial charge in [0.25, 0.3) is 5.91 Å². The zero-order valence-electron chi connectivity index (χ0n) is 14.6. The summed E-state index contributed by atoms with van der Waals surface area (Å²) in [6.45, 7) is -1.74. The Bertz CT molecular complexity index is 755. The van der Waals surface area contributed by atoms with Gasteiger partial charge < -0.3 is 19.4 Å². The van der Waals surface area contributed by atoms with Crippen molar-refractivity contribution in [3.63, 3.8) is 0 Å². The van der Waals surface area contributed by atoms with Gasteiger partial charge in [-0.2, -0.15) is 8.78 Å². The van der Waals surface area contributed by atoms with Crippen LogP contribution in [0.15, 0.2) is 47.3 Å². The Kier molecular flexibility index (Phi) is 6.05. The molecule has 1 saturated heterocycles. The van der Waals surface area contributed by atoms with Crippen LogP contribution in [0.2, 0.25) is 0 Å². The van der Waals surface area contributed by atoms with Crippen LogP contribution in [-0.2, 0) is 11.2 Å². The first-order valence-corrected chi connectivity index (χ1v) is 8.66. The number of halogens is 2. The molecule has 8 heteroatoms. The summed E-state index contributed by atoms with van der Waals surface area (Å²) in [4.78, 5) is 26.2. The van der Waals surface area contributed by atoms with Gasteiger partial charge in [-0.05, 0) is 36.6 Å². The van der Waals surface area contributed by atoms with Gasteiger partial charge >= 0.3 is 6.61 Å². The van der Waals surface area contributed by atoms with Gasteiger partial charge in [-0.15, -0.1) is 0 Å². The van der Waals surface area contributed by atoms with Gasteiger partial charge in [-0.1, -0.05) is 12.1 Å². The molecule has 27 heavy (non-hydrogen) atoms. The third-order valence-electron chi connectivity index (χ3n) is 4.43. The van der Waals surface area contributed by atoms with E-state index in [1.54, 1.807) is 23.1 Å². The van der Waals surface area contributed by atoms with Crippen LogP contribution in [-0.4, -0.2) is 42.5 Å². The molecule has 2 aromatic rings. The molecule has 1 aromatic carbocycles. The fourth-order valence-electron chi connectivity index (χ4n) is 3.05. The Morgan fingerprint density at radius 1 is 1.19 bits per heavy atom. The molecule has 0 atom stereocenters. The summed E-state index contributed by atoms with van der Waals surface area (Å²) in [5.41, 5.74) is 1.23. The first kappa shape index (κ1) is 18.9. The molecule has 144 valence electrons. The van der Waals surface area contributed by atoms with Crippen molar-refractivity contribution in [1.29, 1.82) is 0 Å². The highest BCUT2D eigenvalue weighted by Crippen LogP contribution is 2.17. The number of likely N-dealkylation sites (tertiary alicyclic amines) is 1. The van der Waals surface area contributed by atoms with Gasteiger partial charge in [-0.3, -0.25) is 9.59 Å². The number of ether oxygens (including phenoxy) is 1. The van der Waals surface area contributed by atoms with Crippen LogP contribution in [0.4, 0.5) is 8.78 Å². The SMILES string of the molecule is O=C(Cc1ccc(OC(F)F)cc1)NC1CCN(C(=O)c2ccoc2)CC1. The third-order valence-corrected chi connectivity index (χ3v) is 4.43. The van der Waals surface area contributed by atoms with Gasteiger partial charge in [0.2, 0.25) is 5.91 Å². The second-order valence-corrected chi connectivity index (χ2v) is 6.35. The highest BCUT2D eigenvalue weighted by atomic mass is 19.3. The van der Waals surface area contributed by atoms with E-state index in [1.807, 2.05) is 0 Å². The molecular weight excluding hydrogens is 358 g/mol. The molecule has 6 nitrogen and oxygen atoms in total. The lowest BCUT2D eigenvalue weighted by molar-refractivity contribution is -0.121. The summed E-state index contributed by atoms with van der Waals surface area (Å²) < 4.78 is 33.5. The number of piperidine rings is 1. The number of furan rings is 1. The summed E-state index contributed by atoms with van der Waals surface area (Å²) in [6.07, 6.45) is 4.40. The summed E-state index contributed by atoms with van der Waals surface area (Å²) in [5, 5.41) is 2.96. The van der Waals surface area contributed by atoms with Crippen molar-refractivity contribution in [3.05, 3.63) is 54.0 Å². The van der Waals surface area contributed by atoms with Crippen molar-refractivity contribution >= 4 is 11.8 Å². The van der Waals surface area contributed by atoms with Gasteiger partial charge in [0.15, 0.2) is 0 Å². The first-order valence-electron chi connectivity index (χ1n) is 8.66. The molecule has 2 heterocycles. The van der Waals surface area contributed by atoms with Crippen LogP contribution in [0, 0.1) is 0 Å². The summed E-state index contributed by atoms with van der Waals surface area (Å²) in [6, 6.07) is 7.64. The zero-order valence-corrected chi connectivity index (χ0v) is 14.6. The smallest absolute Gasteiger partial charge is 0.387 e. The van der Waals surface area contributed by atoms with E-state index in [1.165, 1.54) is 24.7 Å². The number of benzene rings is 1. The van der Waals surface area contributed by atoms with E-state index in [0.717, 1.165) is 0 Å². The van der Waals surface area contributed by atoms with Crippen LogP contribution in [0.5, 0.6) is 5.75 Å². The van der Waals surface area contributed by atoms with Crippen LogP contribution in [0.3, 0.4) is 0 Å². The number of alkyl halides is 2. The zero-order chi connectivity index (χ0) is 19.2. The minimum Gasteiger partial charge on any atom is -0.472 e. The van der Waals surface area contributed by atoms with Gasteiger partial charge in [-0.25, -0.2) is 0 Å². The maximum absolute atomic E-state index is 12.2. The van der Waals surface area contributed by atoms with Crippen molar-refractivity contribution in [3.8, 4) is 5.75 Å². The van der Waals surface area contributed by atoms with E-state index in [4.69, 9.17) is 4.42 Å². The molecule has 1 aromatic heterocycles. The maximum Gasteiger partial charge on any atom is 0.387 e. The number of rotatable bonds is 6. The molecule has 2 amide bonds. The summed E-state index contributed by atoms with van der Waals surface area (Å²) >= 11 is 0. The number of nitrogens with zero attached hydrogens (tertiary/aromatic N) is 1. The Labute approximate surface area is 155 Å². The molecule has 0 spiro atoms. The van der Waals surface area contributed by atoms with E-state index >= 15 is 0 Å². The number of carbonyl (C=O) groups is 2. The Morgan fingerprint density at radius 3 is 2.48 bits per heavy atom. The molecule has 1 aliphatic heterocycles. The Hall–Kier alpha value is -2.90. The molecular formula is C19H20F2N2O4. The highest BCUT2D eigenvalue weighted by Gasteiger charge is 2.25. The van der Waals surface area contributed by atoms with Crippen molar-refractivity contribution in [2.75, 3.05) is 13.1 Å². The molecule has 0 radical (unpaired) electrons. The standard InChI is InChI=1S/C19H20F2N2O4/c20-19(21)27-16-3-1-13(2-4-16)11-17(24)22-15-5-8-23(9-6-15)18(25)14-7-10-26-12-14/h1-4,7,10,12,15,19H,5-6,8-9,11H2,(H,22,24). The number of hydrogen-bond donors (Lipinski definition) is 1. The second-order valence-electron chi connectivity index (χ2n) is 6.35. The average molecular weight is 378 g/mol. The Balaban J connectivity index is 1.43.